The van der Waals surface area contributed by atoms with Crippen LogP contribution in [0.2, 0.25) is 0 Å². The largest absolute Gasteiger partial charge is 0.488 e. The zero-order valence-electron chi connectivity index (χ0n) is 8.37. The lowest BCUT2D eigenvalue weighted by molar-refractivity contribution is -0.00285. The molecule has 1 saturated heterocycles. The molecule has 1 aliphatic rings. The first-order chi connectivity index (χ1) is 7.15. The van der Waals surface area contributed by atoms with Gasteiger partial charge in [0.25, 0.3) is 0 Å². The van der Waals surface area contributed by atoms with Gasteiger partial charge in [0.15, 0.2) is 0 Å². The maximum atomic E-state index is 9.12. The second-order valence-electron chi connectivity index (χ2n) is 3.97. The molecule has 0 radical (unpaired) electrons. The highest BCUT2D eigenvalue weighted by atomic mass is 16.4. The molecule has 0 unspecified atom stereocenters. The summed E-state index contributed by atoms with van der Waals surface area (Å²) in [6.45, 7) is 2.15. The molecule has 1 heterocycles. The molecule has 80 valence electrons. The van der Waals surface area contributed by atoms with E-state index in [9.17, 15) is 0 Å². The lowest BCUT2D eigenvalue weighted by Gasteiger charge is -2.35. The molecule has 1 aromatic rings. The highest BCUT2D eigenvalue weighted by molar-refractivity contribution is 6.58. The van der Waals surface area contributed by atoms with E-state index in [-0.39, 0.29) is 6.10 Å². The van der Waals surface area contributed by atoms with Gasteiger partial charge in [-0.25, -0.2) is 0 Å². The van der Waals surface area contributed by atoms with Crippen molar-refractivity contribution in [1.82, 2.24) is 4.90 Å². The summed E-state index contributed by atoms with van der Waals surface area (Å²) < 4.78 is 0. The number of aliphatic hydroxyl groups excluding tert-OH is 1. The second-order valence-corrected chi connectivity index (χ2v) is 3.97. The van der Waals surface area contributed by atoms with Crippen molar-refractivity contribution in [3.05, 3.63) is 29.8 Å². The number of β-amino-alcohol motifs (C(OH)–C–C–N with tert-alkyl or cyclic N) is 1. The molecule has 4 nitrogen and oxygen atoms in total. The van der Waals surface area contributed by atoms with Crippen LogP contribution in [0.25, 0.3) is 0 Å². The van der Waals surface area contributed by atoms with Crippen LogP contribution in [0.3, 0.4) is 0 Å². The summed E-state index contributed by atoms with van der Waals surface area (Å²) in [5.74, 6) is 0. The summed E-state index contributed by atoms with van der Waals surface area (Å²) >= 11 is 0. The fourth-order valence-electron chi connectivity index (χ4n) is 1.78. The third-order valence-electron chi connectivity index (χ3n) is 2.59. The van der Waals surface area contributed by atoms with Crippen LogP contribution in [-0.4, -0.2) is 46.4 Å². The summed E-state index contributed by atoms with van der Waals surface area (Å²) in [6.07, 6.45) is -0.198. The molecule has 1 aliphatic heterocycles. The van der Waals surface area contributed by atoms with Crippen LogP contribution in [0.1, 0.15) is 5.56 Å². The number of rotatable bonds is 3. The van der Waals surface area contributed by atoms with Crippen molar-refractivity contribution in [1.29, 1.82) is 0 Å². The van der Waals surface area contributed by atoms with Gasteiger partial charge in [-0.2, -0.15) is 0 Å². The average Bonchev–Trinajstić information content (AvgIpc) is 2.16. The second kappa shape index (κ2) is 4.32. The number of nitrogens with zero attached hydrogens (tertiary/aromatic N) is 1. The van der Waals surface area contributed by atoms with Crippen LogP contribution < -0.4 is 5.46 Å². The van der Waals surface area contributed by atoms with E-state index in [4.69, 9.17) is 15.2 Å². The summed E-state index contributed by atoms with van der Waals surface area (Å²) in [4.78, 5) is 2.10. The smallest absolute Gasteiger partial charge is 0.423 e. The number of benzene rings is 1. The van der Waals surface area contributed by atoms with Crippen molar-refractivity contribution in [2.24, 2.45) is 0 Å². The van der Waals surface area contributed by atoms with Crippen LogP contribution in [0.4, 0.5) is 0 Å². The van der Waals surface area contributed by atoms with E-state index in [2.05, 4.69) is 4.90 Å². The quantitative estimate of drug-likeness (QED) is 0.530. The van der Waals surface area contributed by atoms with Crippen molar-refractivity contribution in [2.45, 2.75) is 12.6 Å². The zero-order chi connectivity index (χ0) is 10.8. The van der Waals surface area contributed by atoms with Crippen LogP contribution in [0.5, 0.6) is 0 Å². The molecular formula is C10H14BNO3. The van der Waals surface area contributed by atoms with E-state index < -0.39 is 7.12 Å². The molecule has 1 aromatic carbocycles. The fourth-order valence-corrected chi connectivity index (χ4v) is 1.78. The van der Waals surface area contributed by atoms with Crippen molar-refractivity contribution >= 4 is 12.6 Å². The number of hydrogen-bond acceptors (Lipinski definition) is 4. The maximum absolute atomic E-state index is 9.12. The Morgan fingerprint density at radius 1 is 1.33 bits per heavy atom. The van der Waals surface area contributed by atoms with Gasteiger partial charge in [-0.1, -0.05) is 24.3 Å². The van der Waals surface area contributed by atoms with E-state index in [1.165, 1.54) is 0 Å². The summed E-state index contributed by atoms with van der Waals surface area (Å²) in [6, 6.07) is 7.20. The molecule has 0 atom stereocenters. The molecule has 0 aliphatic carbocycles. The Bertz CT molecular complexity index is 339. The molecule has 0 bridgehead atoms. The lowest BCUT2D eigenvalue weighted by Crippen LogP contribution is -2.49. The van der Waals surface area contributed by atoms with E-state index in [1.807, 2.05) is 6.07 Å². The Morgan fingerprint density at radius 2 is 2.07 bits per heavy atom. The first-order valence-electron chi connectivity index (χ1n) is 5.00. The van der Waals surface area contributed by atoms with Crippen molar-refractivity contribution in [3.8, 4) is 0 Å². The van der Waals surface area contributed by atoms with Gasteiger partial charge in [0.05, 0.1) is 6.10 Å². The third kappa shape index (κ3) is 2.57. The Hall–Kier alpha value is -0.875. The maximum Gasteiger partial charge on any atom is 0.488 e. The van der Waals surface area contributed by atoms with Crippen LogP contribution >= 0.6 is 0 Å². The van der Waals surface area contributed by atoms with Crippen molar-refractivity contribution in [2.75, 3.05) is 13.1 Å². The van der Waals surface area contributed by atoms with Gasteiger partial charge < -0.3 is 15.2 Å². The van der Waals surface area contributed by atoms with Crippen LogP contribution in [0.15, 0.2) is 24.3 Å². The molecular weight excluding hydrogens is 193 g/mol. The van der Waals surface area contributed by atoms with Gasteiger partial charge in [0, 0.05) is 19.6 Å². The molecule has 0 aromatic heterocycles. The average molecular weight is 207 g/mol. The first-order valence-corrected chi connectivity index (χ1v) is 5.00. The van der Waals surface area contributed by atoms with Crippen LogP contribution in [-0.2, 0) is 6.54 Å². The van der Waals surface area contributed by atoms with Gasteiger partial charge >= 0.3 is 7.12 Å². The third-order valence-corrected chi connectivity index (χ3v) is 2.59. The number of likely N-dealkylation sites (tertiary alicyclic amines) is 1. The Morgan fingerprint density at radius 3 is 2.67 bits per heavy atom. The standard InChI is InChI=1S/C10H14BNO3/c13-10-6-12(7-10)5-8-2-1-3-9(4-8)11(14)15/h1-4,10,13-15H,5-7H2. The van der Waals surface area contributed by atoms with E-state index >= 15 is 0 Å². The summed E-state index contributed by atoms with van der Waals surface area (Å²) in [7, 11) is -1.41. The molecule has 0 amide bonds. The molecule has 2 rings (SSSR count). The molecule has 15 heavy (non-hydrogen) atoms. The summed E-state index contributed by atoms with van der Waals surface area (Å²) in [5.41, 5.74) is 1.54. The van der Waals surface area contributed by atoms with E-state index in [0.717, 1.165) is 12.1 Å². The van der Waals surface area contributed by atoms with Crippen LogP contribution in [0, 0.1) is 0 Å². The lowest BCUT2D eigenvalue weighted by atomic mass is 9.79. The molecule has 0 spiro atoms. The Kier molecular flexibility index (Phi) is 3.07. The monoisotopic (exact) mass is 207 g/mol. The topological polar surface area (TPSA) is 63.9 Å². The predicted molar refractivity (Wildman–Crippen MR) is 57.6 cm³/mol. The minimum absolute atomic E-state index is 0.198. The van der Waals surface area contributed by atoms with Crippen molar-refractivity contribution < 1.29 is 15.2 Å². The number of hydrogen-bond donors (Lipinski definition) is 3. The molecule has 1 fully saturated rings. The van der Waals surface area contributed by atoms with Gasteiger partial charge in [-0.15, -0.1) is 0 Å². The van der Waals surface area contributed by atoms with E-state index in [0.29, 0.717) is 18.6 Å². The molecule has 5 heteroatoms. The Balaban J connectivity index is 1.99. The fraction of sp³-hybridized carbons (Fsp3) is 0.400. The van der Waals surface area contributed by atoms with Gasteiger partial charge in [0.2, 0.25) is 0 Å². The van der Waals surface area contributed by atoms with Gasteiger partial charge in [-0.3, -0.25) is 4.90 Å². The SMILES string of the molecule is OB(O)c1cccc(CN2CC(O)C2)c1. The minimum atomic E-state index is -1.41. The van der Waals surface area contributed by atoms with Crippen molar-refractivity contribution in [3.63, 3.8) is 0 Å². The predicted octanol–water partition coefficient (Wildman–Crippen LogP) is -1.46. The first kappa shape index (κ1) is 10.6. The normalized spacial score (nSPS) is 17.5. The zero-order valence-corrected chi connectivity index (χ0v) is 8.37. The highest BCUT2D eigenvalue weighted by Crippen LogP contribution is 2.11. The number of aliphatic hydroxyl groups is 1. The highest BCUT2D eigenvalue weighted by Gasteiger charge is 2.24. The Labute approximate surface area is 88.9 Å². The van der Waals surface area contributed by atoms with Gasteiger partial charge in [0.1, 0.15) is 0 Å². The molecule has 3 N–H and O–H groups in total. The van der Waals surface area contributed by atoms with E-state index in [1.54, 1.807) is 18.2 Å². The molecule has 0 saturated carbocycles. The van der Waals surface area contributed by atoms with Gasteiger partial charge in [-0.05, 0) is 11.0 Å². The summed E-state index contributed by atoms with van der Waals surface area (Å²) in [5, 5.41) is 27.1. The minimum Gasteiger partial charge on any atom is -0.423 e.